The fourth-order valence-electron chi connectivity index (χ4n) is 2.93. The predicted octanol–water partition coefficient (Wildman–Crippen LogP) is 3.29. The largest absolute Gasteiger partial charge is 0.493 e. The molecule has 0 N–H and O–H groups in total. The lowest BCUT2D eigenvalue weighted by atomic mass is 9.99. The van der Waals surface area contributed by atoms with E-state index in [4.69, 9.17) is 9.47 Å². The number of carbonyl (C=O) groups is 1. The third kappa shape index (κ3) is 3.16. The highest BCUT2D eigenvalue weighted by Gasteiger charge is 2.22. The van der Waals surface area contributed by atoms with E-state index in [-0.39, 0.29) is 5.91 Å². The summed E-state index contributed by atoms with van der Waals surface area (Å²) in [4.78, 5) is 14.7. The van der Waals surface area contributed by atoms with Gasteiger partial charge in [-0.15, -0.1) is 0 Å². The average molecular weight is 311 g/mol. The van der Waals surface area contributed by atoms with Crippen LogP contribution in [0.5, 0.6) is 11.5 Å². The number of ether oxygens (including phenoxy) is 2. The molecular formula is C19H21NO3. The van der Waals surface area contributed by atoms with E-state index in [1.165, 1.54) is 11.1 Å². The Bertz CT molecular complexity index is 712. The molecule has 0 radical (unpaired) electrons. The molecule has 0 saturated heterocycles. The summed E-state index contributed by atoms with van der Waals surface area (Å²) >= 11 is 0. The summed E-state index contributed by atoms with van der Waals surface area (Å²) in [5.74, 6) is 1.29. The highest BCUT2D eigenvalue weighted by molar-refractivity contribution is 5.95. The van der Waals surface area contributed by atoms with Crippen LogP contribution in [0.25, 0.3) is 0 Å². The Morgan fingerprint density at radius 1 is 1.13 bits per heavy atom. The zero-order valence-corrected chi connectivity index (χ0v) is 13.5. The lowest BCUT2D eigenvalue weighted by molar-refractivity contribution is 0.0734. The van der Waals surface area contributed by atoms with Crippen molar-refractivity contribution in [3.8, 4) is 11.5 Å². The van der Waals surface area contributed by atoms with Crippen LogP contribution in [0.1, 0.15) is 28.4 Å². The van der Waals surface area contributed by atoms with Gasteiger partial charge in [0.15, 0.2) is 11.5 Å². The number of hydrogen-bond donors (Lipinski definition) is 0. The number of hydrogen-bond acceptors (Lipinski definition) is 3. The molecule has 2 aromatic rings. The molecule has 4 heteroatoms. The van der Waals surface area contributed by atoms with Crippen LogP contribution < -0.4 is 9.47 Å². The van der Waals surface area contributed by atoms with Crippen LogP contribution >= 0.6 is 0 Å². The number of carbonyl (C=O) groups excluding carboxylic acids is 1. The Labute approximate surface area is 136 Å². The number of benzene rings is 2. The Morgan fingerprint density at radius 2 is 1.91 bits per heavy atom. The minimum absolute atomic E-state index is 0.0307. The van der Waals surface area contributed by atoms with Gasteiger partial charge in [-0.05, 0) is 42.7 Å². The molecule has 0 aliphatic carbocycles. The molecular weight excluding hydrogens is 290 g/mol. The highest BCUT2D eigenvalue weighted by Crippen LogP contribution is 2.29. The van der Waals surface area contributed by atoms with Crippen LogP contribution in [0.4, 0.5) is 0 Å². The van der Waals surface area contributed by atoms with Gasteiger partial charge in [0.1, 0.15) is 0 Å². The topological polar surface area (TPSA) is 38.8 Å². The maximum absolute atomic E-state index is 12.8. The molecule has 23 heavy (non-hydrogen) atoms. The molecule has 0 spiro atoms. The van der Waals surface area contributed by atoms with Gasteiger partial charge in [-0.25, -0.2) is 0 Å². The monoisotopic (exact) mass is 311 g/mol. The average Bonchev–Trinajstić information content (AvgIpc) is 2.61. The summed E-state index contributed by atoms with van der Waals surface area (Å²) in [7, 11) is 1.60. The maximum Gasteiger partial charge on any atom is 0.254 e. The Kier molecular flexibility index (Phi) is 4.51. The molecule has 2 aromatic carbocycles. The minimum Gasteiger partial charge on any atom is -0.493 e. The van der Waals surface area contributed by atoms with Gasteiger partial charge in [-0.3, -0.25) is 4.79 Å². The van der Waals surface area contributed by atoms with E-state index in [0.29, 0.717) is 30.2 Å². The first kappa shape index (κ1) is 15.4. The lowest BCUT2D eigenvalue weighted by Crippen LogP contribution is -2.35. The van der Waals surface area contributed by atoms with Crippen LogP contribution in [0, 0.1) is 0 Å². The fraction of sp³-hybridized carbons (Fsp3) is 0.316. The van der Waals surface area contributed by atoms with Crippen LogP contribution in [-0.4, -0.2) is 31.1 Å². The van der Waals surface area contributed by atoms with Gasteiger partial charge in [0.25, 0.3) is 5.91 Å². The van der Waals surface area contributed by atoms with Crippen molar-refractivity contribution in [3.63, 3.8) is 0 Å². The van der Waals surface area contributed by atoms with Gasteiger partial charge in [-0.2, -0.15) is 0 Å². The van der Waals surface area contributed by atoms with Crippen molar-refractivity contribution in [2.45, 2.75) is 19.9 Å². The van der Waals surface area contributed by atoms with Gasteiger partial charge in [0, 0.05) is 18.7 Å². The Hall–Kier alpha value is -2.49. The van der Waals surface area contributed by atoms with Crippen molar-refractivity contribution in [2.75, 3.05) is 20.3 Å². The van der Waals surface area contributed by atoms with E-state index < -0.39 is 0 Å². The number of rotatable bonds is 4. The Balaban J connectivity index is 1.82. The van der Waals surface area contributed by atoms with Gasteiger partial charge < -0.3 is 14.4 Å². The highest BCUT2D eigenvalue weighted by atomic mass is 16.5. The quantitative estimate of drug-likeness (QED) is 0.869. The van der Waals surface area contributed by atoms with Crippen LogP contribution in [0.3, 0.4) is 0 Å². The van der Waals surface area contributed by atoms with E-state index in [1.54, 1.807) is 25.3 Å². The second-order valence-corrected chi connectivity index (χ2v) is 5.54. The molecule has 1 aliphatic heterocycles. The second kappa shape index (κ2) is 6.73. The molecule has 0 atom stereocenters. The van der Waals surface area contributed by atoms with Crippen LogP contribution in [0.15, 0.2) is 42.5 Å². The van der Waals surface area contributed by atoms with Crippen LogP contribution in [-0.2, 0) is 13.0 Å². The van der Waals surface area contributed by atoms with E-state index in [0.717, 1.165) is 13.0 Å². The smallest absolute Gasteiger partial charge is 0.254 e. The van der Waals surface area contributed by atoms with Crippen molar-refractivity contribution < 1.29 is 14.3 Å². The standard InChI is InChI=1S/C19H21NO3/c1-3-23-18-12-15(8-9-17(18)22-2)19(21)20-11-10-14-6-4-5-7-16(14)13-20/h4-9,12H,3,10-11,13H2,1-2H3. The molecule has 0 aromatic heterocycles. The van der Waals surface area contributed by atoms with Crippen molar-refractivity contribution in [3.05, 3.63) is 59.2 Å². The Morgan fingerprint density at radius 3 is 2.65 bits per heavy atom. The molecule has 1 amide bonds. The predicted molar refractivity (Wildman–Crippen MR) is 89.0 cm³/mol. The summed E-state index contributed by atoms with van der Waals surface area (Å²) in [6.07, 6.45) is 0.899. The molecule has 120 valence electrons. The van der Waals surface area contributed by atoms with Crippen molar-refractivity contribution in [2.24, 2.45) is 0 Å². The first-order chi connectivity index (χ1) is 11.2. The first-order valence-corrected chi connectivity index (χ1v) is 7.89. The van der Waals surface area contributed by atoms with E-state index in [9.17, 15) is 4.79 Å². The minimum atomic E-state index is 0.0307. The van der Waals surface area contributed by atoms with Crippen LogP contribution in [0.2, 0.25) is 0 Å². The fourth-order valence-corrected chi connectivity index (χ4v) is 2.93. The number of methoxy groups -OCH3 is 1. The summed E-state index contributed by atoms with van der Waals surface area (Å²) in [5, 5.41) is 0. The summed E-state index contributed by atoms with van der Waals surface area (Å²) in [6, 6.07) is 13.7. The third-order valence-electron chi connectivity index (χ3n) is 4.13. The molecule has 1 aliphatic rings. The molecule has 4 nitrogen and oxygen atoms in total. The maximum atomic E-state index is 12.8. The van der Waals surface area contributed by atoms with Gasteiger partial charge in [-0.1, -0.05) is 24.3 Å². The number of amides is 1. The molecule has 0 saturated carbocycles. The third-order valence-corrected chi connectivity index (χ3v) is 4.13. The molecule has 0 fully saturated rings. The first-order valence-electron chi connectivity index (χ1n) is 7.89. The molecule has 0 unspecified atom stereocenters. The lowest BCUT2D eigenvalue weighted by Gasteiger charge is -2.29. The number of nitrogens with zero attached hydrogens (tertiary/aromatic N) is 1. The van der Waals surface area contributed by atoms with E-state index in [1.807, 2.05) is 24.0 Å². The summed E-state index contributed by atoms with van der Waals surface area (Å²) in [6.45, 7) is 3.84. The molecule has 1 heterocycles. The second-order valence-electron chi connectivity index (χ2n) is 5.54. The molecule has 3 rings (SSSR count). The SMILES string of the molecule is CCOc1cc(C(=O)N2CCc3ccccc3C2)ccc1OC. The summed E-state index contributed by atoms with van der Waals surface area (Å²) < 4.78 is 10.8. The van der Waals surface area contributed by atoms with Crippen molar-refractivity contribution in [1.29, 1.82) is 0 Å². The van der Waals surface area contributed by atoms with Crippen molar-refractivity contribution >= 4 is 5.91 Å². The molecule has 0 bridgehead atoms. The van der Waals surface area contributed by atoms with Crippen molar-refractivity contribution in [1.82, 2.24) is 4.90 Å². The van der Waals surface area contributed by atoms with Gasteiger partial charge in [0.05, 0.1) is 13.7 Å². The van der Waals surface area contributed by atoms with E-state index in [2.05, 4.69) is 12.1 Å². The normalized spacial score (nSPS) is 13.4. The number of fused-ring (bicyclic) bond motifs is 1. The van der Waals surface area contributed by atoms with E-state index >= 15 is 0 Å². The zero-order chi connectivity index (χ0) is 16.2. The van der Waals surface area contributed by atoms with Gasteiger partial charge >= 0.3 is 0 Å². The zero-order valence-electron chi connectivity index (χ0n) is 13.5. The van der Waals surface area contributed by atoms with Gasteiger partial charge in [0.2, 0.25) is 0 Å². The summed E-state index contributed by atoms with van der Waals surface area (Å²) in [5.41, 5.74) is 3.19.